The monoisotopic (exact) mass is 427 g/mol. The van der Waals surface area contributed by atoms with Gasteiger partial charge in [-0.15, -0.1) is 0 Å². The molecule has 0 aliphatic heterocycles. The Hall–Kier alpha value is -3.93. The van der Waals surface area contributed by atoms with Crippen LogP contribution in [0, 0.1) is 6.92 Å². The van der Waals surface area contributed by atoms with Crippen molar-refractivity contribution in [3.63, 3.8) is 0 Å². The van der Waals surface area contributed by atoms with E-state index in [4.69, 9.17) is 9.72 Å². The molecule has 0 radical (unpaired) electrons. The van der Waals surface area contributed by atoms with E-state index in [1.807, 2.05) is 74.5 Å². The number of nitrogens with one attached hydrogen (secondary N) is 1. The molecule has 1 unspecified atom stereocenters. The van der Waals surface area contributed by atoms with Gasteiger partial charge >= 0.3 is 5.97 Å². The Bertz CT molecular complexity index is 1260. The van der Waals surface area contributed by atoms with Crippen LogP contribution in [0.1, 0.15) is 50.6 Å². The van der Waals surface area contributed by atoms with E-state index in [0.717, 1.165) is 28.0 Å². The largest absolute Gasteiger partial charge is 0.465 e. The van der Waals surface area contributed by atoms with E-state index in [2.05, 4.69) is 9.88 Å². The summed E-state index contributed by atoms with van der Waals surface area (Å²) in [5, 5.41) is 3.07. The number of methoxy groups -OCH3 is 1. The van der Waals surface area contributed by atoms with Crippen molar-refractivity contribution >= 4 is 22.9 Å². The molecule has 6 heteroatoms. The number of para-hydroxylation sites is 2. The molecule has 0 bridgehead atoms. The van der Waals surface area contributed by atoms with Gasteiger partial charge in [0.25, 0.3) is 5.91 Å². The zero-order chi connectivity index (χ0) is 22.7. The molecule has 162 valence electrons. The van der Waals surface area contributed by atoms with Gasteiger partial charge in [-0.2, -0.15) is 0 Å². The maximum Gasteiger partial charge on any atom is 0.337 e. The second kappa shape index (κ2) is 9.06. The van der Waals surface area contributed by atoms with E-state index in [9.17, 15) is 9.59 Å². The van der Waals surface area contributed by atoms with Crippen molar-refractivity contribution in [2.45, 2.75) is 26.4 Å². The Morgan fingerprint density at radius 3 is 2.31 bits per heavy atom. The van der Waals surface area contributed by atoms with Crippen molar-refractivity contribution in [3.05, 3.63) is 101 Å². The van der Waals surface area contributed by atoms with Gasteiger partial charge in [0.1, 0.15) is 5.82 Å². The van der Waals surface area contributed by atoms with Gasteiger partial charge in [0.15, 0.2) is 0 Å². The van der Waals surface area contributed by atoms with E-state index in [1.165, 1.54) is 7.11 Å². The fourth-order valence-corrected chi connectivity index (χ4v) is 3.69. The number of carbonyl (C=O) groups excluding carboxylic acids is 2. The number of amides is 1. The van der Waals surface area contributed by atoms with Gasteiger partial charge in [-0.25, -0.2) is 9.78 Å². The lowest BCUT2D eigenvalue weighted by atomic mass is 10.1. The molecular formula is C26H25N3O3. The van der Waals surface area contributed by atoms with Gasteiger partial charge < -0.3 is 14.6 Å². The number of rotatable bonds is 6. The number of ether oxygens (including phenoxy) is 1. The number of hydrogen-bond donors (Lipinski definition) is 1. The summed E-state index contributed by atoms with van der Waals surface area (Å²) in [6.07, 6.45) is 0. The molecule has 1 aromatic heterocycles. The molecule has 1 amide bonds. The van der Waals surface area contributed by atoms with Crippen LogP contribution in [0.3, 0.4) is 0 Å². The minimum absolute atomic E-state index is 0.140. The quantitative estimate of drug-likeness (QED) is 0.454. The number of nitrogens with zero attached hydrogens (tertiary/aromatic N) is 2. The van der Waals surface area contributed by atoms with Gasteiger partial charge in [-0.3, -0.25) is 4.79 Å². The molecule has 3 aromatic carbocycles. The number of fused-ring (bicyclic) bond motifs is 1. The second-order valence-corrected chi connectivity index (χ2v) is 7.79. The summed E-state index contributed by atoms with van der Waals surface area (Å²) < 4.78 is 6.88. The van der Waals surface area contributed by atoms with E-state index in [0.29, 0.717) is 17.7 Å². The van der Waals surface area contributed by atoms with Crippen molar-refractivity contribution in [3.8, 4) is 0 Å². The Labute approximate surface area is 186 Å². The first-order valence-electron chi connectivity index (χ1n) is 10.5. The van der Waals surface area contributed by atoms with Crippen molar-refractivity contribution in [1.82, 2.24) is 14.9 Å². The van der Waals surface area contributed by atoms with Gasteiger partial charge in [0.2, 0.25) is 0 Å². The number of aryl methyl sites for hydroxylation is 1. The first-order valence-corrected chi connectivity index (χ1v) is 10.5. The van der Waals surface area contributed by atoms with E-state index in [-0.39, 0.29) is 17.9 Å². The van der Waals surface area contributed by atoms with Crippen LogP contribution in [0.15, 0.2) is 72.8 Å². The molecule has 0 saturated carbocycles. The average Bonchev–Trinajstić information content (AvgIpc) is 3.18. The Kier molecular flexibility index (Phi) is 6.03. The molecular weight excluding hydrogens is 402 g/mol. The normalized spacial score (nSPS) is 11.8. The van der Waals surface area contributed by atoms with Crippen LogP contribution in [0.2, 0.25) is 0 Å². The minimum atomic E-state index is -0.363. The first-order chi connectivity index (χ1) is 15.5. The van der Waals surface area contributed by atoms with Gasteiger partial charge in [0, 0.05) is 12.1 Å². The number of aromatic nitrogens is 2. The molecule has 0 spiro atoms. The number of benzene rings is 3. The van der Waals surface area contributed by atoms with Gasteiger partial charge in [0.05, 0.1) is 29.7 Å². The highest BCUT2D eigenvalue weighted by Crippen LogP contribution is 2.23. The van der Waals surface area contributed by atoms with Crippen LogP contribution in [0.4, 0.5) is 0 Å². The SMILES string of the molecule is COC(=O)c1ccc(Cn2c(C(C)NC(=O)c3ccc(C)cc3)nc3ccccc32)cc1. The van der Waals surface area contributed by atoms with E-state index < -0.39 is 0 Å². The number of imidazole rings is 1. The summed E-state index contributed by atoms with van der Waals surface area (Å²) in [6, 6.07) is 22.4. The maximum absolute atomic E-state index is 12.8. The molecule has 0 aliphatic carbocycles. The number of carbonyl (C=O) groups is 2. The number of hydrogen-bond acceptors (Lipinski definition) is 4. The van der Waals surface area contributed by atoms with E-state index >= 15 is 0 Å². The Morgan fingerprint density at radius 1 is 0.969 bits per heavy atom. The maximum atomic E-state index is 12.8. The summed E-state index contributed by atoms with van der Waals surface area (Å²) in [7, 11) is 1.37. The van der Waals surface area contributed by atoms with Crippen LogP contribution in [-0.4, -0.2) is 28.5 Å². The second-order valence-electron chi connectivity index (χ2n) is 7.79. The molecule has 4 rings (SSSR count). The molecule has 1 heterocycles. The Balaban J connectivity index is 1.63. The number of esters is 1. The predicted molar refractivity (Wildman–Crippen MR) is 124 cm³/mol. The third kappa shape index (κ3) is 4.39. The smallest absolute Gasteiger partial charge is 0.337 e. The highest BCUT2D eigenvalue weighted by Gasteiger charge is 2.19. The van der Waals surface area contributed by atoms with Crippen LogP contribution < -0.4 is 5.32 Å². The Morgan fingerprint density at radius 2 is 1.62 bits per heavy atom. The zero-order valence-corrected chi connectivity index (χ0v) is 18.3. The van der Waals surface area contributed by atoms with Crippen LogP contribution >= 0.6 is 0 Å². The lowest BCUT2D eigenvalue weighted by molar-refractivity contribution is 0.0600. The summed E-state index contributed by atoms with van der Waals surface area (Å²) in [6.45, 7) is 4.48. The van der Waals surface area contributed by atoms with Crippen molar-refractivity contribution in [1.29, 1.82) is 0 Å². The van der Waals surface area contributed by atoms with Gasteiger partial charge in [-0.1, -0.05) is 42.0 Å². The predicted octanol–water partition coefficient (Wildman–Crippen LogP) is 4.67. The third-order valence-corrected chi connectivity index (χ3v) is 5.45. The molecule has 32 heavy (non-hydrogen) atoms. The van der Waals surface area contributed by atoms with Gasteiger partial charge in [-0.05, 0) is 55.8 Å². The molecule has 0 aliphatic rings. The standard InChI is InChI=1S/C26H25N3O3/c1-17-8-12-20(13-9-17)25(30)27-18(2)24-28-22-6-4-5-7-23(22)29(24)16-19-10-14-21(15-11-19)26(31)32-3/h4-15,18H,16H2,1-3H3,(H,27,30). The van der Waals surface area contributed by atoms with Crippen molar-refractivity contribution < 1.29 is 14.3 Å². The first kappa shape index (κ1) is 21.3. The summed E-state index contributed by atoms with van der Waals surface area (Å²) in [5.41, 5.74) is 5.09. The lowest BCUT2D eigenvalue weighted by Gasteiger charge is -2.17. The summed E-state index contributed by atoms with van der Waals surface area (Å²) in [5.74, 6) is 0.264. The minimum Gasteiger partial charge on any atom is -0.465 e. The third-order valence-electron chi connectivity index (χ3n) is 5.45. The lowest BCUT2D eigenvalue weighted by Crippen LogP contribution is -2.28. The molecule has 0 fully saturated rings. The average molecular weight is 428 g/mol. The van der Waals surface area contributed by atoms with Crippen molar-refractivity contribution in [2.24, 2.45) is 0 Å². The van der Waals surface area contributed by atoms with Crippen LogP contribution in [0.5, 0.6) is 0 Å². The van der Waals surface area contributed by atoms with Crippen molar-refractivity contribution in [2.75, 3.05) is 7.11 Å². The zero-order valence-electron chi connectivity index (χ0n) is 18.3. The fourth-order valence-electron chi connectivity index (χ4n) is 3.69. The highest BCUT2D eigenvalue weighted by atomic mass is 16.5. The molecule has 0 saturated heterocycles. The molecule has 1 N–H and O–H groups in total. The summed E-state index contributed by atoms with van der Waals surface area (Å²) >= 11 is 0. The highest BCUT2D eigenvalue weighted by molar-refractivity contribution is 5.94. The molecule has 4 aromatic rings. The fraction of sp³-hybridized carbons (Fsp3) is 0.192. The molecule has 6 nitrogen and oxygen atoms in total. The summed E-state index contributed by atoms with van der Waals surface area (Å²) in [4.78, 5) is 29.3. The van der Waals surface area contributed by atoms with Crippen LogP contribution in [-0.2, 0) is 11.3 Å². The van der Waals surface area contributed by atoms with E-state index in [1.54, 1.807) is 12.1 Å². The topological polar surface area (TPSA) is 73.2 Å². The molecule has 1 atom stereocenters. The van der Waals surface area contributed by atoms with Crippen LogP contribution in [0.25, 0.3) is 11.0 Å².